The van der Waals surface area contributed by atoms with Gasteiger partial charge in [-0.2, -0.15) is 5.10 Å². The quantitative estimate of drug-likeness (QED) is 0.727. The van der Waals surface area contributed by atoms with E-state index in [-0.39, 0.29) is 5.82 Å². The minimum atomic E-state index is -0.268. The smallest absolute Gasteiger partial charge is 0.136 e. The van der Waals surface area contributed by atoms with E-state index in [1.807, 2.05) is 13.8 Å². The van der Waals surface area contributed by atoms with Crippen molar-refractivity contribution in [2.24, 2.45) is 0 Å². The topological polar surface area (TPSA) is 17.8 Å². The molecule has 2 rings (SSSR count). The predicted molar refractivity (Wildman–Crippen MR) is 58.0 cm³/mol. The maximum absolute atomic E-state index is 12.7. The molecule has 15 heavy (non-hydrogen) atoms. The molecule has 1 heterocycles. The van der Waals surface area contributed by atoms with Gasteiger partial charge in [0, 0.05) is 5.56 Å². The summed E-state index contributed by atoms with van der Waals surface area (Å²) in [6, 6.07) is 6.07. The second-order valence-electron chi connectivity index (χ2n) is 3.39. The molecule has 0 aliphatic carbocycles. The van der Waals surface area contributed by atoms with Crippen LogP contribution < -0.4 is 0 Å². The summed E-state index contributed by atoms with van der Waals surface area (Å²) >= 11 is 6.10. The lowest BCUT2D eigenvalue weighted by atomic mass is 10.3. The molecule has 4 heteroatoms. The molecule has 0 unspecified atom stereocenters. The lowest BCUT2D eigenvalue weighted by Crippen LogP contribution is -1.96. The van der Waals surface area contributed by atoms with E-state index < -0.39 is 0 Å². The summed E-state index contributed by atoms with van der Waals surface area (Å²) < 4.78 is 14.3. The molecule has 0 amide bonds. The highest BCUT2D eigenvalue weighted by molar-refractivity contribution is 6.30. The van der Waals surface area contributed by atoms with Gasteiger partial charge in [0.05, 0.1) is 11.4 Å². The van der Waals surface area contributed by atoms with Crippen LogP contribution in [-0.4, -0.2) is 9.78 Å². The van der Waals surface area contributed by atoms with Crippen LogP contribution in [0.25, 0.3) is 5.69 Å². The Morgan fingerprint density at radius 3 is 2.27 bits per heavy atom. The standard InChI is InChI=1S/C11H10ClFN2/c1-7-8(2)14-15(11(7)12)10-5-3-9(13)4-6-10/h3-6H,1-2H3. The highest BCUT2D eigenvalue weighted by atomic mass is 35.5. The molecule has 0 atom stereocenters. The van der Waals surface area contributed by atoms with Gasteiger partial charge < -0.3 is 0 Å². The molecule has 0 aliphatic heterocycles. The van der Waals surface area contributed by atoms with Crippen LogP contribution in [0.3, 0.4) is 0 Å². The molecule has 0 saturated carbocycles. The number of rotatable bonds is 1. The van der Waals surface area contributed by atoms with Gasteiger partial charge >= 0.3 is 0 Å². The molecule has 78 valence electrons. The van der Waals surface area contributed by atoms with Gasteiger partial charge in [0.2, 0.25) is 0 Å². The number of hydrogen-bond donors (Lipinski definition) is 0. The summed E-state index contributed by atoms with van der Waals surface area (Å²) in [7, 11) is 0. The summed E-state index contributed by atoms with van der Waals surface area (Å²) in [5, 5.41) is 4.84. The molecule has 0 fully saturated rings. The van der Waals surface area contributed by atoms with Crippen molar-refractivity contribution in [3.8, 4) is 5.69 Å². The average Bonchev–Trinajstić information content (AvgIpc) is 2.47. The van der Waals surface area contributed by atoms with Crippen molar-refractivity contribution < 1.29 is 4.39 Å². The Morgan fingerprint density at radius 2 is 1.80 bits per heavy atom. The highest BCUT2D eigenvalue weighted by Gasteiger charge is 2.10. The summed E-state index contributed by atoms with van der Waals surface area (Å²) in [6.07, 6.45) is 0. The van der Waals surface area contributed by atoms with Gasteiger partial charge in [-0.25, -0.2) is 9.07 Å². The zero-order valence-electron chi connectivity index (χ0n) is 8.46. The fourth-order valence-electron chi connectivity index (χ4n) is 1.33. The minimum Gasteiger partial charge on any atom is -0.222 e. The van der Waals surface area contributed by atoms with Crippen molar-refractivity contribution in [2.75, 3.05) is 0 Å². The predicted octanol–water partition coefficient (Wildman–Crippen LogP) is 3.28. The van der Waals surface area contributed by atoms with E-state index in [9.17, 15) is 4.39 Å². The molecule has 1 aromatic carbocycles. The van der Waals surface area contributed by atoms with E-state index in [0.717, 1.165) is 16.9 Å². The van der Waals surface area contributed by atoms with Crippen LogP contribution in [0.15, 0.2) is 24.3 Å². The number of aryl methyl sites for hydroxylation is 1. The minimum absolute atomic E-state index is 0.268. The zero-order chi connectivity index (χ0) is 11.0. The molecule has 2 nitrogen and oxygen atoms in total. The van der Waals surface area contributed by atoms with Crippen LogP contribution >= 0.6 is 11.6 Å². The first-order valence-electron chi connectivity index (χ1n) is 4.57. The fraction of sp³-hybridized carbons (Fsp3) is 0.182. The first kappa shape index (κ1) is 10.2. The first-order chi connectivity index (χ1) is 7.09. The van der Waals surface area contributed by atoms with Gasteiger partial charge in [-0.05, 0) is 38.1 Å². The summed E-state index contributed by atoms with van der Waals surface area (Å²) in [4.78, 5) is 0. The number of hydrogen-bond acceptors (Lipinski definition) is 1. The number of aromatic nitrogens is 2. The Balaban J connectivity index is 2.54. The first-order valence-corrected chi connectivity index (χ1v) is 4.95. The van der Waals surface area contributed by atoms with Crippen molar-refractivity contribution in [1.29, 1.82) is 0 Å². The van der Waals surface area contributed by atoms with E-state index in [2.05, 4.69) is 5.10 Å². The third-order valence-electron chi connectivity index (χ3n) is 2.36. The molecular formula is C11H10ClFN2. The third kappa shape index (κ3) is 1.75. The average molecular weight is 225 g/mol. The Morgan fingerprint density at radius 1 is 1.20 bits per heavy atom. The van der Waals surface area contributed by atoms with Gasteiger partial charge in [-0.15, -0.1) is 0 Å². The fourth-order valence-corrected chi connectivity index (χ4v) is 1.60. The monoisotopic (exact) mass is 224 g/mol. The number of halogens is 2. The molecular weight excluding hydrogens is 215 g/mol. The second kappa shape index (κ2) is 3.66. The summed E-state index contributed by atoms with van der Waals surface area (Å²) in [5.41, 5.74) is 2.59. The van der Waals surface area contributed by atoms with Gasteiger partial charge in [0.25, 0.3) is 0 Å². The lowest BCUT2D eigenvalue weighted by Gasteiger charge is -2.02. The third-order valence-corrected chi connectivity index (χ3v) is 2.80. The van der Waals surface area contributed by atoms with Crippen molar-refractivity contribution in [2.45, 2.75) is 13.8 Å². The SMILES string of the molecule is Cc1nn(-c2ccc(F)cc2)c(Cl)c1C. The molecule has 0 N–H and O–H groups in total. The van der Waals surface area contributed by atoms with Crippen LogP contribution in [-0.2, 0) is 0 Å². The highest BCUT2D eigenvalue weighted by Crippen LogP contribution is 2.22. The molecule has 0 aliphatic rings. The largest absolute Gasteiger partial charge is 0.222 e. The Bertz CT molecular complexity index is 488. The summed E-state index contributed by atoms with van der Waals surface area (Å²) in [6.45, 7) is 3.80. The Kier molecular flexibility index (Phi) is 2.49. The maximum Gasteiger partial charge on any atom is 0.136 e. The Labute approximate surface area is 92.3 Å². The zero-order valence-corrected chi connectivity index (χ0v) is 9.22. The molecule has 0 saturated heterocycles. The maximum atomic E-state index is 12.7. The van der Waals surface area contributed by atoms with Crippen LogP contribution in [0.2, 0.25) is 5.15 Å². The summed E-state index contributed by atoms with van der Waals surface area (Å²) in [5.74, 6) is -0.268. The molecule has 0 radical (unpaired) electrons. The van der Waals surface area contributed by atoms with Crippen LogP contribution in [0, 0.1) is 19.7 Å². The van der Waals surface area contributed by atoms with Gasteiger partial charge in [-0.1, -0.05) is 11.6 Å². The lowest BCUT2D eigenvalue weighted by molar-refractivity contribution is 0.627. The van der Waals surface area contributed by atoms with Crippen molar-refractivity contribution in [3.05, 3.63) is 46.5 Å². The Hall–Kier alpha value is -1.35. The van der Waals surface area contributed by atoms with Gasteiger partial charge in [0.1, 0.15) is 11.0 Å². The second-order valence-corrected chi connectivity index (χ2v) is 3.75. The van der Waals surface area contributed by atoms with E-state index in [1.165, 1.54) is 12.1 Å². The molecule has 2 aromatic rings. The van der Waals surface area contributed by atoms with E-state index in [4.69, 9.17) is 11.6 Å². The van der Waals surface area contributed by atoms with E-state index in [0.29, 0.717) is 5.15 Å². The number of benzene rings is 1. The molecule has 0 bridgehead atoms. The van der Waals surface area contributed by atoms with Crippen molar-refractivity contribution in [1.82, 2.24) is 9.78 Å². The van der Waals surface area contributed by atoms with Crippen LogP contribution in [0.4, 0.5) is 4.39 Å². The molecule has 1 aromatic heterocycles. The molecule has 0 spiro atoms. The van der Waals surface area contributed by atoms with Crippen LogP contribution in [0.5, 0.6) is 0 Å². The normalized spacial score (nSPS) is 10.7. The number of nitrogens with zero attached hydrogens (tertiary/aromatic N) is 2. The van der Waals surface area contributed by atoms with Gasteiger partial charge in [0.15, 0.2) is 0 Å². The van der Waals surface area contributed by atoms with Crippen molar-refractivity contribution >= 4 is 11.6 Å². The van der Waals surface area contributed by atoms with E-state index >= 15 is 0 Å². The van der Waals surface area contributed by atoms with E-state index in [1.54, 1.807) is 16.8 Å². The van der Waals surface area contributed by atoms with Crippen molar-refractivity contribution in [3.63, 3.8) is 0 Å². The van der Waals surface area contributed by atoms with Crippen LogP contribution in [0.1, 0.15) is 11.3 Å². The van der Waals surface area contributed by atoms with Gasteiger partial charge in [-0.3, -0.25) is 0 Å².